The standard InChI is InChI=1S/3C12H26N.Al.H2/c3*1-3-5-7-9-11-13-12-10-8-6-4-2;;/h3*3-12H2,1-2H3;;1H/q3*-1;+3;. The number of unbranched alkanes of at least 4 members (excludes halogenated alkanes) is 18. The maximum absolute atomic E-state index is 3.13. The maximum Gasteiger partial charge on any atom is 0.609 e. The van der Waals surface area contributed by atoms with Gasteiger partial charge >= 0.3 is 14.8 Å². The molecule has 0 aromatic heterocycles. The van der Waals surface area contributed by atoms with E-state index in [2.05, 4.69) is 53.2 Å². The molecule has 0 radical (unpaired) electrons. The van der Waals surface area contributed by atoms with Gasteiger partial charge in [-0.2, -0.15) is 0 Å². The Kier molecular flexibility index (Phi) is 32.7. The van der Waals surface area contributed by atoms with E-state index in [9.17, 15) is 0 Å². The normalized spacial score (nSPS) is 11.9. The Morgan fingerprint density at radius 3 is 0.600 bits per heavy atom. The lowest BCUT2D eigenvalue weighted by molar-refractivity contribution is 0.246. The van der Waals surface area contributed by atoms with Gasteiger partial charge in [-0.3, -0.25) is 0 Å². The van der Waals surface area contributed by atoms with Crippen molar-refractivity contribution in [2.75, 3.05) is 39.3 Å². The molecule has 0 fully saturated rings. The van der Waals surface area contributed by atoms with Crippen LogP contribution in [0.3, 0.4) is 0 Å². The van der Waals surface area contributed by atoms with E-state index in [4.69, 9.17) is 0 Å². The minimum Gasteiger partial charge on any atom is -0.357 e. The molecule has 0 rings (SSSR count). The second-order valence-corrected chi connectivity index (χ2v) is 15.7. The fraction of sp³-hybridized carbons (Fsp3) is 1.00. The monoisotopic (exact) mass is 582 g/mol. The molecule has 0 spiro atoms. The molecule has 0 amide bonds. The predicted molar refractivity (Wildman–Crippen MR) is 187 cm³/mol. The summed E-state index contributed by atoms with van der Waals surface area (Å²) in [5, 5.41) is 0. The number of hydrogen-bond acceptors (Lipinski definition) is 3. The van der Waals surface area contributed by atoms with E-state index in [1.807, 2.05) is 0 Å². The van der Waals surface area contributed by atoms with Crippen LogP contribution in [0.4, 0.5) is 0 Å². The highest BCUT2D eigenvalue weighted by atomic mass is 27.2. The van der Waals surface area contributed by atoms with Gasteiger partial charge in [0.1, 0.15) is 0 Å². The Bertz CT molecular complexity index is 379. The van der Waals surface area contributed by atoms with Gasteiger partial charge in [-0.05, 0) is 77.8 Å². The van der Waals surface area contributed by atoms with Crippen LogP contribution in [0, 0.1) is 0 Å². The van der Waals surface area contributed by atoms with Gasteiger partial charge in [-0.15, -0.1) is 0 Å². The SMILES string of the molecule is CCCCCC[N](CCCCCC)[Al]([N](CCCCCC)CCCCCC)[N](CCCCCC)CCCCCC.[HH]. The lowest BCUT2D eigenvalue weighted by atomic mass is 10.2. The number of rotatable bonds is 33. The molecule has 0 aromatic carbocycles. The molecule has 0 N–H and O–H groups in total. The van der Waals surface area contributed by atoms with E-state index < -0.39 is 14.8 Å². The molecule has 40 heavy (non-hydrogen) atoms. The van der Waals surface area contributed by atoms with Crippen molar-refractivity contribution in [3.8, 4) is 0 Å². The molecule has 0 aliphatic heterocycles. The van der Waals surface area contributed by atoms with E-state index in [1.54, 1.807) is 0 Å². The minimum absolute atomic E-state index is 0. The van der Waals surface area contributed by atoms with E-state index in [0.717, 1.165) is 0 Å². The summed E-state index contributed by atoms with van der Waals surface area (Å²) in [6, 6.07) is 0. The smallest absolute Gasteiger partial charge is 0.357 e. The molecule has 0 unspecified atom stereocenters. The first-order chi connectivity index (χ1) is 19.7. The Morgan fingerprint density at radius 2 is 0.450 bits per heavy atom. The molecule has 0 saturated heterocycles. The van der Waals surface area contributed by atoms with Gasteiger partial charge < -0.3 is 11.7 Å². The third-order valence-electron chi connectivity index (χ3n) is 8.77. The molecular formula is C36H80AlN3. The first-order valence-electron chi connectivity index (χ1n) is 18.9. The summed E-state index contributed by atoms with van der Waals surface area (Å²) in [6.07, 6.45) is 33.5. The van der Waals surface area contributed by atoms with Crippen LogP contribution in [0.2, 0.25) is 0 Å². The van der Waals surface area contributed by atoms with Gasteiger partial charge in [-0.25, -0.2) is 0 Å². The zero-order valence-corrected chi connectivity index (χ0v) is 30.3. The third-order valence-corrected chi connectivity index (χ3v) is 12.3. The Labute approximate surface area is 262 Å². The lowest BCUT2D eigenvalue weighted by Gasteiger charge is -2.42. The zero-order chi connectivity index (χ0) is 29.5. The number of hydrogen-bond donors (Lipinski definition) is 0. The van der Waals surface area contributed by atoms with Crippen LogP contribution < -0.4 is 0 Å². The van der Waals surface area contributed by atoms with Crippen molar-refractivity contribution in [2.24, 2.45) is 0 Å². The first kappa shape index (κ1) is 40.4. The Hall–Kier alpha value is 0.412. The fourth-order valence-corrected chi connectivity index (χ4v) is 10.0. The molecule has 0 bridgehead atoms. The maximum atomic E-state index is 3.13. The average molecular weight is 582 g/mol. The summed E-state index contributed by atoms with van der Waals surface area (Å²) in [7, 11) is 0. The topological polar surface area (TPSA) is 9.72 Å². The highest BCUT2D eigenvalue weighted by Crippen LogP contribution is 2.18. The summed E-state index contributed by atoms with van der Waals surface area (Å²) in [6.45, 7) is 22.3. The van der Waals surface area contributed by atoms with Gasteiger partial charge in [0.05, 0.1) is 0 Å². The minimum atomic E-state index is -1.39. The lowest BCUT2D eigenvalue weighted by Crippen LogP contribution is -2.64. The van der Waals surface area contributed by atoms with Crippen LogP contribution in [-0.2, 0) is 0 Å². The van der Waals surface area contributed by atoms with Crippen LogP contribution in [0.1, 0.15) is 197 Å². The third kappa shape index (κ3) is 22.9. The van der Waals surface area contributed by atoms with E-state index in [1.165, 1.54) is 193 Å². The zero-order valence-electron chi connectivity index (χ0n) is 29.1. The first-order valence-corrected chi connectivity index (χ1v) is 20.5. The molecule has 0 heterocycles. The number of nitrogens with zero attached hydrogens (tertiary/aromatic N) is 3. The molecular weight excluding hydrogens is 501 g/mol. The van der Waals surface area contributed by atoms with E-state index in [0.29, 0.717) is 0 Å². The van der Waals surface area contributed by atoms with Crippen LogP contribution in [-0.4, -0.2) is 65.7 Å². The van der Waals surface area contributed by atoms with E-state index in [-0.39, 0.29) is 1.43 Å². The van der Waals surface area contributed by atoms with Crippen molar-refractivity contribution in [1.82, 2.24) is 11.7 Å². The molecule has 0 saturated carbocycles. The molecule has 0 aliphatic rings. The van der Waals surface area contributed by atoms with Crippen molar-refractivity contribution >= 4 is 14.8 Å². The second-order valence-electron chi connectivity index (χ2n) is 12.8. The highest BCUT2D eigenvalue weighted by Gasteiger charge is 2.40. The van der Waals surface area contributed by atoms with E-state index >= 15 is 0 Å². The summed E-state index contributed by atoms with van der Waals surface area (Å²) in [5.41, 5.74) is 0. The van der Waals surface area contributed by atoms with Crippen molar-refractivity contribution in [2.45, 2.75) is 196 Å². The van der Waals surface area contributed by atoms with Crippen molar-refractivity contribution in [3.05, 3.63) is 0 Å². The van der Waals surface area contributed by atoms with Gasteiger partial charge in [0, 0.05) is 1.43 Å². The summed E-state index contributed by atoms with van der Waals surface area (Å²) in [4.78, 5) is 0. The summed E-state index contributed by atoms with van der Waals surface area (Å²) in [5.74, 6) is 0. The van der Waals surface area contributed by atoms with Crippen LogP contribution in [0.25, 0.3) is 0 Å². The Balaban J connectivity index is 0. The van der Waals surface area contributed by atoms with Crippen molar-refractivity contribution in [1.29, 1.82) is 0 Å². The van der Waals surface area contributed by atoms with Crippen LogP contribution >= 0.6 is 0 Å². The van der Waals surface area contributed by atoms with Gasteiger partial charge in [0.15, 0.2) is 0 Å². The van der Waals surface area contributed by atoms with Gasteiger partial charge in [-0.1, -0.05) is 157 Å². The second kappa shape index (κ2) is 32.3. The summed E-state index contributed by atoms with van der Waals surface area (Å²) < 4.78 is 9.39. The summed E-state index contributed by atoms with van der Waals surface area (Å²) >= 11 is -1.39. The largest absolute Gasteiger partial charge is 0.609 e. The van der Waals surface area contributed by atoms with Crippen molar-refractivity contribution < 1.29 is 1.43 Å². The molecule has 0 aromatic rings. The van der Waals surface area contributed by atoms with Gasteiger partial charge in [0.2, 0.25) is 0 Å². The van der Waals surface area contributed by atoms with Crippen LogP contribution in [0.15, 0.2) is 0 Å². The molecule has 242 valence electrons. The predicted octanol–water partition coefficient (Wildman–Crippen LogP) is 11.6. The molecule has 4 heteroatoms. The average Bonchev–Trinajstić information content (AvgIpc) is 2.96. The van der Waals surface area contributed by atoms with Crippen molar-refractivity contribution in [3.63, 3.8) is 0 Å². The van der Waals surface area contributed by atoms with Gasteiger partial charge in [0.25, 0.3) is 0 Å². The quantitative estimate of drug-likeness (QED) is 0.0563. The highest BCUT2D eigenvalue weighted by molar-refractivity contribution is 6.49. The molecule has 0 aliphatic carbocycles. The molecule has 0 atom stereocenters. The van der Waals surface area contributed by atoms with Crippen LogP contribution in [0.5, 0.6) is 0 Å². The molecule has 3 nitrogen and oxygen atoms in total. The Morgan fingerprint density at radius 1 is 0.275 bits per heavy atom. The fourth-order valence-electron chi connectivity index (χ4n) is 6.17.